The van der Waals surface area contributed by atoms with E-state index >= 15 is 0 Å². The van der Waals surface area contributed by atoms with Gasteiger partial charge in [0.05, 0.1) is 12.4 Å². The summed E-state index contributed by atoms with van der Waals surface area (Å²) in [6.45, 7) is 5.16. The second-order valence-corrected chi connectivity index (χ2v) is 3.86. The number of rotatable bonds is 5. The Labute approximate surface area is 114 Å². The van der Waals surface area contributed by atoms with Gasteiger partial charge in [0.2, 0.25) is 5.91 Å². The third kappa shape index (κ3) is 6.51. The number of nitrogens with one attached hydrogen (secondary N) is 1. The highest BCUT2D eigenvalue weighted by molar-refractivity contribution is 5.85. The van der Waals surface area contributed by atoms with Crippen LogP contribution in [0.2, 0.25) is 0 Å². The quantitative estimate of drug-likeness (QED) is 0.840. The van der Waals surface area contributed by atoms with Crippen LogP contribution in [0.3, 0.4) is 0 Å². The molecule has 0 saturated carbocycles. The SMILES string of the molecule is CC(C)[C@@H](N)C(=O)NCCn1ccnc1.Cl.Cl. The minimum absolute atomic E-state index is 0. The van der Waals surface area contributed by atoms with Crippen molar-refractivity contribution in [1.82, 2.24) is 14.9 Å². The second-order valence-electron chi connectivity index (χ2n) is 3.86. The second kappa shape index (κ2) is 9.27. The van der Waals surface area contributed by atoms with Gasteiger partial charge < -0.3 is 15.6 Å². The van der Waals surface area contributed by atoms with E-state index in [0.717, 1.165) is 6.54 Å². The van der Waals surface area contributed by atoms with Crippen molar-refractivity contribution < 1.29 is 4.79 Å². The predicted octanol–water partition coefficient (Wildman–Crippen LogP) is 0.826. The Balaban J connectivity index is 0. The smallest absolute Gasteiger partial charge is 0.237 e. The molecular formula is C10H20Cl2N4O. The molecule has 1 heterocycles. The van der Waals surface area contributed by atoms with Gasteiger partial charge in [0.15, 0.2) is 0 Å². The molecule has 0 aliphatic rings. The van der Waals surface area contributed by atoms with Gasteiger partial charge in [-0.05, 0) is 5.92 Å². The molecule has 1 amide bonds. The van der Waals surface area contributed by atoms with Crippen molar-refractivity contribution >= 4 is 30.7 Å². The van der Waals surface area contributed by atoms with E-state index in [1.54, 1.807) is 12.5 Å². The van der Waals surface area contributed by atoms with Crippen LogP contribution >= 0.6 is 24.8 Å². The molecule has 5 nitrogen and oxygen atoms in total. The molecule has 0 fully saturated rings. The summed E-state index contributed by atoms with van der Waals surface area (Å²) in [6, 6.07) is -0.423. The fourth-order valence-corrected chi connectivity index (χ4v) is 1.15. The molecule has 0 aromatic carbocycles. The lowest BCUT2D eigenvalue weighted by Gasteiger charge is -2.15. The van der Waals surface area contributed by atoms with Gasteiger partial charge in [0, 0.05) is 25.5 Å². The van der Waals surface area contributed by atoms with Crippen molar-refractivity contribution in [2.45, 2.75) is 26.4 Å². The molecule has 100 valence electrons. The van der Waals surface area contributed by atoms with Crippen LogP contribution in [0.25, 0.3) is 0 Å². The molecule has 0 aliphatic carbocycles. The van der Waals surface area contributed by atoms with Crippen LogP contribution in [-0.4, -0.2) is 28.0 Å². The predicted molar refractivity (Wildman–Crippen MR) is 72.5 cm³/mol. The number of aromatic nitrogens is 2. The number of imidazole rings is 1. The fourth-order valence-electron chi connectivity index (χ4n) is 1.15. The van der Waals surface area contributed by atoms with E-state index in [1.165, 1.54) is 0 Å². The van der Waals surface area contributed by atoms with E-state index in [4.69, 9.17) is 5.73 Å². The van der Waals surface area contributed by atoms with Crippen molar-refractivity contribution in [3.63, 3.8) is 0 Å². The van der Waals surface area contributed by atoms with E-state index in [-0.39, 0.29) is 36.6 Å². The summed E-state index contributed by atoms with van der Waals surface area (Å²) in [5, 5.41) is 2.79. The number of hydrogen-bond acceptors (Lipinski definition) is 3. The summed E-state index contributed by atoms with van der Waals surface area (Å²) in [6.07, 6.45) is 5.28. The van der Waals surface area contributed by atoms with Gasteiger partial charge in [-0.3, -0.25) is 4.79 Å². The molecule has 0 unspecified atom stereocenters. The van der Waals surface area contributed by atoms with Crippen molar-refractivity contribution in [2.24, 2.45) is 11.7 Å². The third-order valence-electron chi connectivity index (χ3n) is 2.25. The largest absolute Gasteiger partial charge is 0.353 e. The standard InChI is InChI=1S/C10H18N4O.2ClH/c1-8(2)9(11)10(15)13-4-6-14-5-3-12-7-14;;/h3,5,7-9H,4,6,11H2,1-2H3,(H,13,15);2*1H/t9-;;/m1../s1. The van der Waals surface area contributed by atoms with Crippen LogP contribution in [0.5, 0.6) is 0 Å². The Morgan fingerprint density at radius 3 is 2.59 bits per heavy atom. The van der Waals surface area contributed by atoms with Crippen LogP contribution < -0.4 is 11.1 Å². The molecule has 1 atom stereocenters. The Morgan fingerprint density at radius 2 is 2.12 bits per heavy atom. The van der Waals surface area contributed by atoms with Crippen LogP contribution in [-0.2, 0) is 11.3 Å². The minimum atomic E-state index is -0.423. The Kier molecular flexibility index (Phi) is 10.1. The number of nitrogens with zero attached hydrogens (tertiary/aromatic N) is 2. The number of carbonyl (C=O) groups is 1. The molecule has 17 heavy (non-hydrogen) atoms. The minimum Gasteiger partial charge on any atom is -0.353 e. The zero-order chi connectivity index (χ0) is 11.3. The summed E-state index contributed by atoms with van der Waals surface area (Å²) in [5.74, 6) is 0.0726. The van der Waals surface area contributed by atoms with Crippen molar-refractivity contribution in [1.29, 1.82) is 0 Å². The average Bonchev–Trinajstić information content (AvgIpc) is 2.69. The van der Waals surface area contributed by atoms with Gasteiger partial charge in [0.1, 0.15) is 0 Å². The zero-order valence-corrected chi connectivity index (χ0v) is 11.6. The van der Waals surface area contributed by atoms with Gasteiger partial charge in [-0.1, -0.05) is 13.8 Å². The highest BCUT2D eigenvalue weighted by atomic mass is 35.5. The van der Waals surface area contributed by atoms with E-state index in [1.807, 2.05) is 24.6 Å². The summed E-state index contributed by atoms with van der Waals surface area (Å²) in [4.78, 5) is 15.4. The van der Waals surface area contributed by atoms with E-state index in [0.29, 0.717) is 6.54 Å². The molecule has 7 heteroatoms. The van der Waals surface area contributed by atoms with Crippen LogP contribution in [0.4, 0.5) is 0 Å². The lowest BCUT2D eigenvalue weighted by Crippen LogP contribution is -2.44. The van der Waals surface area contributed by atoms with Crippen LogP contribution in [0, 0.1) is 5.92 Å². The lowest BCUT2D eigenvalue weighted by molar-refractivity contribution is -0.123. The molecule has 1 aromatic heterocycles. The molecule has 1 aromatic rings. The average molecular weight is 283 g/mol. The zero-order valence-electron chi connectivity index (χ0n) is 10.00. The number of hydrogen-bond donors (Lipinski definition) is 2. The summed E-state index contributed by atoms with van der Waals surface area (Å²) in [7, 11) is 0. The number of halogens is 2. The molecule has 0 spiro atoms. The normalized spacial score (nSPS) is 11.3. The Morgan fingerprint density at radius 1 is 1.47 bits per heavy atom. The highest BCUT2D eigenvalue weighted by Gasteiger charge is 2.15. The number of amides is 1. The maximum Gasteiger partial charge on any atom is 0.237 e. The molecule has 3 N–H and O–H groups in total. The molecule has 1 rings (SSSR count). The van der Waals surface area contributed by atoms with Crippen LogP contribution in [0.15, 0.2) is 18.7 Å². The third-order valence-corrected chi connectivity index (χ3v) is 2.25. The van der Waals surface area contributed by atoms with Gasteiger partial charge in [-0.15, -0.1) is 24.8 Å². The summed E-state index contributed by atoms with van der Waals surface area (Å²) in [5.41, 5.74) is 5.69. The van der Waals surface area contributed by atoms with Gasteiger partial charge in [-0.2, -0.15) is 0 Å². The first-order chi connectivity index (χ1) is 7.11. The summed E-state index contributed by atoms with van der Waals surface area (Å²) < 4.78 is 1.90. The fraction of sp³-hybridized carbons (Fsp3) is 0.600. The maximum absolute atomic E-state index is 11.5. The van der Waals surface area contributed by atoms with E-state index in [9.17, 15) is 4.79 Å². The molecule has 0 radical (unpaired) electrons. The first kappa shape index (κ1) is 18.6. The first-order valence-electron chi connectivity index (χ1n) is 5.10. The number of carbonyl (C=O) groups excluding carboxylic acids is 1. The van der Waals surface area contributed by atoms with Gasteiger partial charge in [0.25, 0.3) is 0 Å². The van der Waals surface area contributed by atoms with Gasteiger partial charge >= 0.3 is 0 Å². The maximum atomic E-state index is 11.5. The molecule has 0 saturated heterocycles. The number of nitrogens with two attached hydrogens (primary N) is 1. The Hall–Kier alpha value is -0.780. The van der Waals surface area contributed by atoms with E-state index < -0.39 is 6.04 Å². The first-order valence-corrected chi connectivity index (χ1v) is 5.10. The lowest BCUT2D eigenvalue weighted by atomic mass is 10.1. The van der Waals surface area contributed by atoms with Crippen molar-refractivity contribution in [3.05, 3.63) is 18.7 Å². The van der Waals surface area contributed by atoms with Gasteiger partial charge in [-0.25, -0.2) is 4.98 Å². The van der Waals surface area contributed by atoms with Crippen molar-refractivity contribution in [3.8, 4) is 0 Å². The van der Waals surface area contributed by atoms with Crippen molar-refractivity contribution in [2.75, 3.05) is 6.54 Å². The van der Waals surface area contributed by atoms with E-state index in [2.05, 4.69) is 10.3 Å². The monoisotopic (exact) mass is 282 g/mol. The summed E-state index contributed by atoms with van der Waals surface area (Å²) >= 11 is 0. The molecule has 0 aliphatic heterocycles. The Bertz CT molecular complexity index is 303. The molecule has 0 bridgehead atoms. The molecular weight excluding hydrogens is 263 g/mol. The topological polar surface area (TPSA) is 72.9 Å². The van der Waals surface area contributed by atoms with Crippen LogP contribution in [0.1, 0.15) is 13.8 Å². The highest BCUT2D eigenvalue weighted by Crippen LogP contribution is 1.97.